The van der Waals surface area contributed by atoms with Gasteiger partial charge in [-0.2, -0.15) is 0 Å². The number of carbonyl (C=O) groups excluding carboxylic acids is 2. The first kappa shape index (κ1) is 21.8. The van der Waals surface area contributed by atoms with Gasteiger partial charge in [0.2, 0.25) is 0 Å². The first-order valence-electron chi connectivity index (χ1n) is 9.90. The molecule has 6 nitrogen and oxygen atoms in total. The summed E-state index contributed by atoms with van der Waals surface area (Å²) in [5.41, 5.74) is 1.45. The van der Waals surface area contributed by atoms with Gasteiger partial charge in [0.1, 0.15) is 12.2 Å². The second kappa shape index (κ2) is 9.38. The Hall–Kier alpha value is -3.42. The highest BCUT2D eigenvalue weighted by Crippen LogP contribution is 2.38. The number of hydrogen-bond acceptors (Lipinski definition) is 5. The molecular weight excluding hydrogens is 448 g/mol. The molecule has 0 aromatic heterocycles. The molecule has 0 radical (unpaired) electrons. The minimum absolute atomic E-state index is 0.0256. The average molecular weight is 467 g/mol. The summed E-state index contributed by atoms with van der Waals surface area (Å²) < 4.78 is 11.8. The molecule has 0 atom stereocenters. The molecule has 0 bridgehead atoms. The van der Waals surface area contributed by atoms with E-state index in [4.69, 9.17) is 33.3 Å². The summed E-state index contributed by atoms with van der Waals surface area (Å²) in [4.78, 5) is 24.3. The smallest absolute Gasteiger partial charge is 0.263 e. The van der Waals surface area contributed by atoms with E-state index in [0.29, 0.717) is 35.3 Å². The number of carbonyl (C=O) groups is 2. The average Bonchev–Trinajstić information content (AvgIpc) is 2.76. The Bertz CT molecular complexity index is 1240. The van der Waals surface area contributed by atoms with Gasteiger partial charge in [0.25, 0.3) is 11.8 Å². The Morgan fingerprint density at radius 3 is 2.47 bits per heavy atom. The molecule has 162 valence electrons. The van der Waals surface area contributed by atoms with Gasteiger partial charge in [-0.3, -0.25) is 20.2 Å². The van der Waals surface area contributed by atoms with Crippen LogP contribution in [0, 0.1) is 0 Å². The summed E-state index contributed by atoms with van der Waals surface area (Å²) in [5.74, 6) is -0.352. The molecular formula is C24H19ClN2O4S. The van der Waals surface area contributed by atoms with E-state index in [9.17, 15) is 9.59 Å². The van der Waals surface area contributed by atoms with Crippen LogP contribution in [0.2, 0.25) is 5.02 Å². The van der Waals surface area contributed by atoms with Crippen molar-refractivity contribution >= 4 is 57.6 Å². The minimum Gasteiger partial charge on any atom is -0.490 e. The van der Waals surface area contributed by atoms with Crippen molar-refractivity contribution in [1.29, 1.82) is 0 Å². The molecule has 0 spiro atoms. The van der Waals surface area contributed by atoms with Crippen molar-refractivity contribution in [3.8, 4) is 11.5 Å². The lowest BCUT2D eigenvalue weighted by Crippen LogP contribution is -2.51. The number of thiocarbonyl (C=S) groups is 1. The maximum Gasteiger partial charge on any atom is 0.263 e. The van der Waals surface area contributed by atoms with Crippen molar-refractivity contribution < 1.29 is 19.1 Å². The Kier molecular flexibility index (Phi) is 6.39. The second-order valence-electron chi connectivity index (χ2n) is 6.99. The monoisotopic (exact) mass is 466 g/mol. The van der Waals surface area contributed by atoms with Gasteiger partial charge in [0, 0.05) is 0 Å². The van der Waals surface area contributed by atoms with Gasteiger partial charge in [-0.1, -0.05) is 54.1 Å². The van der Waals surface area contributed by atoms with Crippen LogP contribution in [0.25, 0.3) is 16.8 Å². The van der Waals surface area contributed by atoms with Crippen LogP contribution >= 0.6 is 23.8 Å². The van der Waals surface area contributed by atoms with Gasteiger partial charge in [-0.15, -0.1) is 0 Å². The SMILES string of the molecule is CCOc1cc(C=C2C(=O)NC(=S)NC2=O)cc(Cl)c1OCc1cccc2ccccc12. The molecule has 3 aromatic rings. The molecule has 32 heavy (non-hydrogen) atoms. The van der Waals surface area contributed by atoms with Crippen LogP contribution in [0.4, 0.5) is 0 Å². The second-order valence-corrected chi connectivity index (χ2v) is 7.80. The van der Waals surface area contributed by atoms with Crippen LogP contribution in [-0.2, 0) is 16.2 Å². The Balaban J connectivity index is 1.64. The largest absolute Gasteiger partial charge is 0.490 e. The van der Waals surface area contributed by atoms with E-state index in [2.05, 4.69) is 10.6 Å². The van der Waals surface area contributed by atoms with E-state index in [-0.39, 0.29) is 10.7 Å². The number of hydrogen-bond donors (Lipinski definition) is 2. The summed E-state index contributed by atoms with van der Waals surface area (Å²) >= 11 is 11.3. The number of fused-ring (bicyclic) bond motifs is 1. The van der Waals surface area contributed by atoms with Gasteiger partial charge >= 0.3 is 0 Å². The predicted molar refractivity (Wildman–Crippen MR) is 128 cm³/mol. The van der Waals surface area contributed by atoms with Crippen molar-refractivity contribution in [3.05, 3.63) is 76.3 Å². The van der Waals surface area contributed by atoms with Crippen molar-refractivity contribution in [3.63, 3.8) is 0 Å². The van der Waals surface area contributed by atoms with Crippen LogP contribution in [0.15, 0.2) is 60.2 Å². The Morgan fingerprint density at radius 1 is 1.00 bits per heavy atom. The number of halogens is 1. The third-order valence-electron chi connectivity index (χ3n) is 4.84. The lowest BCUT2D eigenvalue weighted by molar-refractivity contribution is -0.123. The van der Waals surface area contributed by atoms with Crippen molar-refractivity contribution in [1.82, 2.24) is 10.6 Å². The molecule has 1 fully saturated rings. The first-order valence-corrected chi connectivity index (χ1v) is 10.7. The van der Waals surface area contributed by atoms with Crippen LogP contribution in [-0.4, -0.2) is 23.5 Å². The molecule has 3 aromatic carbocycles. The molecule has 1 aliphatic rings. The highest BCUT2D eigenvalue weighted by atomic mass is 35.5. The lowest BCUT2D eigenvalue weighted by Gasteiger charge is -2.17. The van der Waals surface area contributed by atoms with Gasteiger partial charge in [-0.25, -0.2) is 0 Å². The van der Waals surface area contributed by atoms with Gasteiger partial charge < -0.3 is 9.47 Å². The molecule has 8 heteroatoms. The number of nitrogens with one attached hydrogen (secondary N) is 2. The highest BCUT2D eigenvalue weighted by Gasteiger charge is 2.26. The zero-order chi connectivity index (χ0) is 22.7. The number of ether oxygens (including phenoxy) is 2. The number of benzene rings is 3. The maximum absolute atomic E-state index is 12.1. The maximum atomic E-state index is 12.1. The summed E-state index contributed by atoms with van der Waals surface area (Å²) in [6, 6.07) is 17.4. The van der Waals surface area contributed by atoms with Crippen LogP contribution in [0.5, 0.6) is 11.5 Å². The topological polar surface area (TPSA) is 76.7 Å². The van der Waals surface area contributed by atoms with Crippen LogP contribution < -0.4 is 20.1 Å². The molecule has 0 aliphatic carbocycles. The molecule has 0 unspecified atom stereocenters. The van der Waals surface area contributed by atoms with E-state index in [0.717, 1.165) is 16.3 Å². The molecule has 4 rings (SSSR count). The van der Waals surface area contributed by atoms with E-state index < -0.39 is 11.8 Å². The third kappa shape index (κ3) is 4.59. The van der Waals surface area contributed by atoms with Crippen LogP contribution in [0.3, 0.4) is 0 Å². The summed E-state index contributed by atoms with van der Waals surface area (Å²) in [6.45, 7) is 2.52. The molecule has 1 heterocycles. The van der Waals surface area contributed by atoms with Crippen molar-refractivity contribution in [2.75, 3.05) is 6.61 Å². The molecule has 1 saturated heterocycles. The number of rotatable bonds is 6. The van der Waals surface area contributed by atoms with Gasteiger partial charge in [0.15, 0.2) is 16.6 Å². The molecule has 2 amide bonds. The van der Waals surface area contributed by atoms with Crippen molar-refractivity contribution in [2.24, 2.45) is 0 Å². The zero-order valence-corrected chi connectivity index (χ0v) is 18.7. The minimum atomic E-state index is -0.580. The standard InChI is InChI=1S/C24H19ClN2O4S/c1-2-30-20-12-14(10-18-22(28)26-24(32)27-23(18)29)11-19(25)21(20)31-13-16-8-5-7-15-6-3-4-9-17(15)16/h3-12H,2,13H2,1H3,(H2,26,27,28,29,32). The van der Waals surface area contributed by atoms with E-state index in [1.54, 1.807) is 12.1 Å². The normalized spacial score (nSPS) is 13.6. The van der Waals surface area contributed by atoms with E-state index in [1.807, 2.05) is 49.4 Å². The Morgan fingerprint density at radius 2 is 1.72 bits per heavy atom. The Labute approximate surface area is 195 Å². The lowest BCUT2D eigenvalue weighted by atomic mass is 10.1. The fourth-order valence-corrected chi connectivity index (χ4v) is 3.87. The molecule has 1 aliphatic heterocycles. The fourth-order valence-electron chi connectivity index (χ4n) is 3.42. The highest BCUT2D eigenvalue weighted by molar-refractivity contribution is 7.80. The van der Waals surface area contributed by atoms with E-state index >= 15 is 0 Å². The van der Waals surface area contributed by atoms with Crippen LogP contribution in [0.1, 0.15) is 18.1 Å². The third-order valence-corrected chi connectivity index (χ3v) is 5.32. The predicted octanol–water partition coefficient (Wildman–Crippen LogP) is 4.39. The number of amides is 2. The van der Waals surface area contributed by atoms with E-state index in [1.165, 1.54) is 6.08 Å². The zero-order valence-electron chi connectivity index (χ0n) is 17.1. The first-order chi connectivity index (χ1) is 15.5. The fraction of sp³-hybridized carbons (Fsp3) is 0.125. The van der Waals surface area contributed by atoms with Crippen molar-refractivity contribution in [2.45, 2.75) is 13.5 Å². The quantitative estimate of drug-likeness (QED) is 0.320. The van der Waals surface area contributed by atoms with Gasteiger partial charge in [0.05, 0.1) is 11.6 Å². The summed E-state index contributed by atoms with van der Waals surface area (Å²) in [6.07, 6.45) is 1.43. The summed E-state index contributed by atoms with van der Waals surface area (Å²) in [5, 5.41) is 7.30. The van der Waals surface area contributed by atoms with Gasteiger partial charge in [-0.05, 0) is 59.2 Å². The molecule has 2 N–H and O–H groups in total. The molecule has 0 saturated carbocycles. The summed E-state index contributed by atoms with van der Waals surface area (Å²) in [7, 11) is 0.